The van der Waals surface area contributed by atoms with Crippen LogP contribution in [0, 0.1) is 0 Å². The van der Waals surface area contributed by atoms with Crippen LogP contribution in [0.1, 0.15) is 5.69 Å². The van der Waals surface area contributed by atoms with Crippen LogP contribution in [0.25, 0.3) is 21.2 Å². The molecule has 0 aliphatic rings. The quantitative estimate of drug-likeness (QED) is 0.726. The van der Waals surface area contributed by atoms with Gasteiger partial charge in [0.05, 0.1) is 12.3 Å². The van der Waals surface area contributed by atoms with E-state index in [1.54, 1.807) is 17.5 Å². The molecule has 0 fully saturated rings. The van der Waals surface area contributed by atoms with E-state index in [9.17, 15) is 13.2 Å². The van der Waals surface area contributed by atoms with Gasteiger partial charge in [-0.2, -0.15) is 13.2 Å². The highest BCUT2D eigenvalue weighted by atomic mass is 32.1. The number of aliphatic carboxylic acids is 1. The molecule has 4 nitrogen and oxygen atoms in total. The normalized spacial score (nSPS) is 11.0. The monoisotopic (exact) mass is 355 g/mol. The molecule has 3 rings (SSSR count). The Morgan fingerprint density at radius 2 is 1.92 bits per heavy atom. The van der Waals surface area contributed by atoms with Crippen LogP contribution < -0.4 is 0 Å². The Hall–Kier alpha value is -2.45. The minimum absolute atomic E-state index is 0.0196. The highest BCUT2D eigenvalue weighted by Gasteiger charge is 2.38. The number of hydrogen-bond acceptors (Lipinski definition) is 4. The van der Waals surface area contributed by atoms with Gasteiger partial charge in [0.15, 0.2) is 0 Å². The van der Waals surface area contributed by atoms with Crippen molar-refractivity contribution in [2.45, 2.75) is 12.8 Å². The van der Waals surface area contributed by atoms with Gasteiger partial charge in [0.2, 0.25) is 0 Å². The SMILES string of the molecule is O=C(O)C(F)(F)F.OCc1cc(-c2cccc3ccsc23)ccn1. The third kappa shape index (κ3) is 4.30. The summed E-state index contributed by atoms with van der Waals surface area (Å²) in [5, 5.41) is 19.6. The summed E-state index contributed by atoms with van der Waals surface area (Å²) >= 11 is 1.74. The van der Waals surface area contributed by atoms with Crippen molar-refractivity contribution in [2.75, 3.05) is 0 Å². The largest absolute Gasteiger partial charge is 0.490 e. The number of hydrogen-bond donors (Lipinski definition) is 2. The van der Waals surface area contributed by atoms with Crippen molar-refractivity contribution in [3.8, 4) is 11.1 Å². The average molecular weight is 355 g/mol. The van der Waals surface area contributed by atoms with Crippen molar-refractivity contribution < 1.29 is 28.2 Å². The van der Waals surface area contributed by atoms with E-state index in [2.05, 4.69) is 34.6 Å². The fourth-order valence-corrected chi connectivity index (χ4v) is 2.89. The Labute approximate surface area is 138 Å². The molecule has 0 saturated heterocycles. The molecule has 0 amide bonds. The van der Waals surface area contributed by atoms with Crippen LogP contribution in [-0.2, 0) is 11.4 Å². The third-order valence-corrected chi connectivity index (χ3v) is 3.97. The number of halogens is 3. The molecule has 8 heteroatoms. The maximum atomic E-state index is 10.6. The first kappa shape index (κ1) is 17.9. The van der Waals surface area contributed by atoms with Crippen molar-refractivity contribution in [1.29, 1.82) is 0 Å². The predicted molar refractivity (Wildman–Crippen MR) is 84.7 cm³/mol. The highest BCUT2D eigenvalue weighted by Crippen LogP contribution is 2.32. The topological polar surface area (TPSA) is 70.4 Å². The lowest BCUT2D eigenvalue weighted by molar-refractivity contribution is -0.192. The lowest BCUT2D eigenvalue weighted by atomic mass is 10.0. The van der Waals surface area contributed by atoms with Crippen LogP contribution in [0.4, 0.5) is 13.2 Å². The summed E-state index contributed by atoms with van der Waals surface area (Å²) in [6, 6.07) is 12.3. The van der Waals surface area contributed by atoms with Gasteiger partial charge in [0, 0.05) is 10.9 Å². The Morgan fingerprint density at radius 3 is 2.54 bits per heavy atom. The molecule has 2 aromatic heterocycles. The number of aliphatic hydroxyl groups excluding tert-OH is 1. The second-order valence-electron chi connectivity index (χ2n) is 4.64. The first-order chi connectivity index (χ1) is 11.3. The van der Waals surface area contributed by atoms with Gasteiger partial charge < -0.3 is 10.2 Å². The zero-order chi connectivity index (χ0) is 17.7. The fourth-order valence-electron chi connectivity index (χ4n) is 1.95. The Morgan fingerprint density at radius 1 is 1.21 bits per heavy atom. The van der Waals surface area contributed by atoms with E-state index < -0.39 is 12.1 Å². The lowest BCUT2D eigenvalue weighted by Gasteiger charge is -2.04. The standard InChI is InChI=1S/C14H11NOS.C2HF3O2/c16-9-12-8-11(4-6-15-12)13-3-1-2-10-5-7-17-14(10)13;3-2(4,5)1(6)7/h1-8,16H,9H2;(H,6,7). The maximum Gasteiger partial charge on any atom is 0.490 e. The van der Waals surface area contributed by atoms with E-state index in [1.165, 1.54) is 15.6 Å². The number of pyridine rings is 1. The van der Waals surface area contributed by atoms with E-state index in [-0.39, 0.29) is 6.61 Å². The molecule has 3 aromatic rings. The molecule has 0 spiro atoms. The summed E-state index contributed by atoms with van der Waals surface area (Å²) in [6.45, 7) is -0.0196. The number of carbonyl (C=O) groups is 1. The van der Waals surface area contributed by atoms with Gasteiger partial charge >= 0.3 is 12.1 Å². The molecule has 2 N–H and O–H groups in total. The minimum atomic E-state index is -5.08. The molecular weight excluding hydrogens is 343 g/mol. The Balaban J connectivity index is 0.000000256. The van der Waals surface area contributed by atoms with Gasteiger partial charge in [-0.15, -0.1) is 11.3 Å². The van der Waals surface area contributed by atoms with E-state index in [0.29, 0.717) is 5.69 Å². The first-order valence-electron chi connectivity index (χ1n) is 6.65. The molecule has 0 aliphatic heterocycles. The molecule has 0 atom stereocenters. The minimum Gasteiger partial charge on any atom is -0.475 e. The Kier molecular flexibility index (Phi) is 5.53. The van der Waals surface area contributed by atoms with Crippen LogP contribution >= 0.6 is 11.3 Å². The second kappa shape index (κ2) is 7.41. The zero-order valence-corrected chi connectivity index (χ0v) is 12.9. The van der Waals surface area contributed by atoms with Crippen LogP contribution in [0.3, 0.4) is 0 Å². The van der Waals surface area contributed by atoms with E-state index in [4.69, 9.17) is 15.0 Å². The highest BCUT2D eigenvalue weighted by molar-refractivity contribution is 7.17. The second-order valence-corrected chi connectivity index (χ2v) is 5.56. The molecule has 0 aliphatic carbocycles. The van der Waals surface area contributed by atoms with Crippen molar-refractivity contribution in [3.63, 3.8) is 0 Å². The number of alkyl halides is 3. The number of fused-ring (bicyclic) bond motifs is 1. The van der Waals surface area contributed by atoms with Gasteiger partial charge in [0.25, 0.3) is 0 Å². The van der Waals surface area contributed by atoms with Crippen LogP contribution in [0.15, 0.2) is 48.0 Å². The predicted octanol–water partition coefficient (Wildman–Crippen LogP) is 4.09. The van der Waals surface area contributed by atoms with Crippen LogP contribution in [0.5, 0.6) is 0 Å². The van der Waals surface area contributed by atoms with Crippen LogP contribution in [-0.4, -0.2) is 27.3 Å². The van der Waals surface area contributed by atoms with E-state index >= 15 is 0 Å². The first-order valence-corrected chi connectivity index (χ1v) is 7.53. The van der Waals surface area contributed by atoms with Crippen LogP contribution in [0.2, 0.25) is 0 Å². The molecule has 0 unspecified atom stereocenters. The molecular formula is C16H12F3NO3S. The number of aromatic nitrogens is 1. The van der Waals surface area contributed by atoms with Crippen molar-refractivity contribution in [1.82, 2.24) is 4.98 Å². The number of carboxylic acid groups (broad SMARTS) is 1. The molecule has 0 radical (unpaired) electrons. The van der Waals surface area contributed by atoms with Gasteiger partial charge in [-0.25, -0.2) is 4.79 Å². The Bertz CT molecular complexity index is 846. The summed E-state index contributed by atoms with van der Waals surface area (Å²) < 4.78 is 33.0. The number of thiophene rings is 1. The number of nitrogens with zero attached hydrogens (tertiary/aromatic N) is 1. The third-order valence-electron chi connectivity index (χ3n) is 3.01. The number of rotatable bonds is 2. The fraction of sp³-hybridized carbons (Fsp3) is 0.125. The van der Waals surface area contributed by atoms with Gasteiger partial charge in [-0.1, -0.05) is 18.2 Å². The molecule has 24 heavy (non-hydrogen) atoms. The summed E-state index contributed by atoms with van der Waals surface area (Å²) in [4.78, 5) is 13.0. The van der Waals surface area contributed by atoms with E-state index in [0.717, 1.165) is 5.56 Å². The molecule has 0 bridgehead atoms. The van der Waals surface area contributed by atoms with E-state index in [1.807, 2.05) is 12.1 Å². The van der Waals surface area contributed by atoms with Crippen molar-refractivity contribution >= 4 is 27.4 Å². The smallest absolute Gasteiger partial charge is 0.475 e. The van der Waals surface area contributed by atoms with Gasteiger partial charge in [-0.05, 0) is 40.1 Å². The summed E-state index contributed by atoms with van der Waals surface area (Å²) in [6.07, 6.45) is -3.34. The average Bonchev–Trinajstić information content (AvgIpc) is 3.03. The maximum absolute atomic E-state index is 10.6. The molecule has 126 valence electrons. The number of benzene rings is 1. The van der Waals surface area contributed by atoms with Gasteiger partial charge in [0.1, 0.15) is 0 Å². The van der Waals surface area contributed by atoms with Crippen molar-refractivity contribution in [3.05, 3.63) is 53.7 Å². The molecule has 1 aromatic carbocycles. The number of aliphatic hydroxyl groups is 1. The molecule has 0 saturated carbocycles. The van der Waals surface area contributed by atoms with Gasteiger partial charge in [-0.3, -0.25) is 4.98 Å². The zero-order valence-electron chi connectivity index (χ0n) is 12.1. The lowest BCUT2D eigenvalue weighted by Crippen LogP contribution is -2.21. The summed E-state index contributed by atoms with van der Waals surface area (Å²) in [7, 11) is 0. The summed E-state index contributed by atoms with van der Waals surface area (Å²) in [5.74, 6) is -2.76. The molecule has 2 heterocycles. The number of carboxylic acids is 1. The summed E-state index contributed by atoms with van der Waals surface area (Å²) in [5.41, 5.74) is 3.02. The van der Waals surface area contributed by atoms with Crippen molar-refractivity contribution in [2.24, 2.45) is 0 Å².